The van der Waals surface area contributed by atoms with Crippen LogP contribution in [0.3, 0.4) is 0 Å². The first-order chi connectivity index (χ1) is 8.70. The second-order valence-corrected chi connectivity index (χ2v) is 6.42. The molecule has 1 aliphatic heterocycles. The molecule has 3 nitrogen and oxygen atoms in total. The molecule has 3 atom stereocenters. The van der Waals surface area contributed by atoms with Crippen LogP contribution in [0, 0.1) is 5.92 Å². The van der Waals surface area contributed by atoms with Crippen LogP contribution < -0.4 is 5.32 Å². The van der Waals surface area contributed by atoms with Crippen molar-refractivity contribution in [2.75, 3.05) is 40.3 Å². The van der Waals surface area contributed by atoms with Crippen LogP contribution in [-0.2, 0) is 0 Å². The quantitative estimate of drug-likeness (QED) is 0.778. The normalized spacial score (nSPS) is 33.7. The summed E-state index contributed by atoms with van der Waals surface area (Å²) < 4.78 is 0. The van der Waals surface area contributed by atoms with Gasteiger partial charge in [0.2, 0.25) is 0 Å². The van der Waals surface area contributed by atoms with Crippen LogP contribution in [0.25, 0.3) is 0 Å². The fraction of sp³-hybridized carbons (Fsp3) is 1.00. The zero-order chi connectivity index (χ0) is 13.0. The standard InChI is InChI=1S/C15H31N3/c1-4-9-16-15-7-5-6-13(15)11-18-10-8-14(12-18)17(2)3/h13-16H,4-12H2,1-3H3. The third-order valence-electron chi connectivity index (χ3n) is 4.79. The molecule has 1 N–H and O–H groups in total. The number of nitrogens with one attached hydrogen (secondary N) is 1. The molecule has 0 bridgehead atoms. The molecule has 1 saturated carbocycles. The zero-order valence-electron chi connectivity index (χ0n) is 12.5. The fourth-order valence-corrected chi connectivity index (χ4v) is 3.59. The molecule has 106 valence electrons. The van der Waals surface area contributed by atoms with Gasteiger partial charge in [-0.05, 0) is 58.8 Å². The van der Waals surface area contributed by atoms with Gasteiger partial charge in [-0.1, -0.05) is 13.3 Å². The molecule has 2 aliphatic rings. The minimum atomic E-state index is 0.786. The average molecular weight is 253 g/mol. The molecule has 1 aliphatic carbocycles. The lowest BCUT2D eigenvalue weighted by Gasteiger charge is -2.27. The molecular weight excluding hydrogens is 222 g/mol. The summed E-state index contributed by atoms with van der Waals surface area (Å²) in [7, 11) is 4.44. The highest BCUT2D eigenvalue weighted by molar-refractivity contribution is 4.88. The summed E-state index contributed by atoms with van der Waals surface area (Å²) in [4.78, 5) is 5.09. The van der Waals surface area contributed by atoms with Gasteiger partial charge in [-0.15, -0.1) is 0 Å². The van der Waals surface area contributed by atoms with E-state index in [-0.39, 0.29) is 0 Å². The van der Waals surface area contributed by atoms with Crippen molar-refractivity contribution in [2.24, 2.45) is 5.92 Å². The molecule has 0 aromatic carbocycles. The lowest BCUT2D eigenvalue weighted by Crippen LogP contribution is -2.40. The fourth-order valence-electron chi connectivity index (χ4n) is 3.59. The molecule has 18 heavy (non-hydrogen) atoms. The smallest absolute Gasteiger partial charge is 0.0229 e. The Kier molecular flexibility index (Phi) is 5.46. The largest absolute Gasteiger partial charge is 0.314 e. The minimum absolute atomic E-state index is 0.786. The molecule has 0 aromatic rings. The SMILES string of the molecule is CCCNC1CCCC1CN1CCC(N(C)C)C1. The zero-order valence-corrected chi connectivity index (χ0v) is 12.5. The summed E-state index contributed by atoms with van der Waals surface area (Å²) in [5.41, 5.74) is 0. The summed E-state index contributed by atoms with van der Waals surface area (Å²) in [5.74, 6) is 0.900. The lowest BCUT2D eigenvalue weighted by atomic mass is 10.0. The van der Waals surface area contributed by atoms with Crippen molar-refractivity contribution < 1.29 is 0 Å². The van der Waals surface area contributed by atoms with Crippen LogP contribution in [0.2, 0.25) is 0 Å². The van der Waals surface area contributed by atoms with Gasteiger partial charge in [0.25, 0.3) is 0 Å². The summed E-state index contributed by atoms with van der Waals surface area (Å²) in [6.45, 7) is 7.37. The second kappa shape index (κ2) is 6.88. The Balaban J connectivity index is 1.75. The van der Waals surface area contributed by atoms with Crippen molar-refractivity contribution in [1.29, 1.82) is 0 Å². The van der Waals surface area contributed by atoms with E-state index >= 15 is 0 Å². The third-order valence-corrected chi connectivity index (χ3v) is 4.79. The van der Waals surface area contributed by atoms with E-state index in [0.717, 1.165) is 18.0 Å². The molecule has 2 fully saturated rings. The van der Waals surface area contributed by atoms with E-state index in [9.17, 15) is 0 Å². The first-order valence-corrected chi connectivity index (χ1v) is 7.83. The molecule has 3 heteroatoms. The van der Waals surface area contributed by atoms with E-state index < -0.39 is 0 Å². The van der Waals surface area contributed by atoms with Crippen LogP contribution in [0.5, 0.6) is 0 Å². The molecule has 0 spiro atoms. The molecule has 0 aromatic heterocycles. The summed E-state index contributed by atoms with van der Waals surface area (Å²) in [6.07, 6.45) is 6.87. The number of hydrogen-bond donors (Lipinski definition) is 1. The van der Waals surface area contributed by atoms with E-state index in [1.54, 1.807) is 0 Å². The van der Waals surface area contributed by atoms with Gasteiger partial charge in [-0.25, -0.2) is 0 Å². The van der Waals surface area contributed by atoms with Gasteiger partial charge in [-0.2, -0.15) is 0 Å². The Bertz CT molecular complexity index is 242. The van der Waals surface area contributed by atoms with Crippen LogP contribution in [0.1, 0.15) is 39.0 Å². The van der Waals surface area contributed by atoms with E-state index in [1.165, 1.54) is 58.3 Å². The lowest BCUT2D eigenvalue weighted by molar-refractivity contribution is 0.227. The highest BCUT2D eigenvalue weighted by Gasteiger charge is 2.31. The number of likely N-dealkylation sites (tertiary alicyclic amines) is 1. The first kappa shape index (κ1) is 14.3. The predicted molar refractivity (Wildman–Crippen MR) is 78.0 cm³/mol. The molecule has 1 saturated heterocycles. The maximum Gasteiger partial charge on any atom is 0.0229 e. The maximum absolute atomic E-state index is 3.75. The Hall–Kier alpha value is -0.120. The summed E-state index contributed by atoms with van der Waals surface area (Å²) in [6, 6.07) is 1.58. The van der Waals surface area contributed by atoms with Crippen molar-refractivity contribution in [3.63, 3.8) is 0 Å². The first-order valence-electron chi connectivity index (χ1n) is 7.83. The van der Waals surface area contributed by atoms with Gasteiger partial charge in [0.05, 0.1) is 0 Å². The van der Waals surface area contributed by atoms with Gasteiger partial charge < -0.3 is 15.1 Å². The second-order valence-electron chi connectivity index (χ2n) is 6.42. The van der Waals surface area contributed by atoms with Crippen molar-refractivity contribution in [3.05, 3.63) is 0 Å². The summed E-state index contributed by atoms with van der Waals surface area (Å²) >= 11 is 0. The molecule has 0 amide bonds. The number of likely N-dealkylation sites (N-methyl/N-ethyl adjacent to an activating group) is 1. The highest BCUT2D eigenvalue weighted by atomic mass is 15.2. The van der Waals surface area contributed by atoms with E-state index in [0.29, 0.717) is 0 Å². The summed E-state index contributed by atoms with van der Waals surface area (Å²) in [5, 5.41) is 3.75. The molecule has 3 unspecified atom stereocenters. The molecule has 1 heterocycles. The van der Waals surface area contributed by atoms with Crippen molar-refractivity contribution in [3.8, 4) is 0 Å². The maximum atomic E-state index is 3.75. The van der Waals surface area contributed by atoms with Crippen LogP contribution in [0.15, 0.2) is 0 Å². The van der Waals surface area contributed by atoms with Gasteiger partial charge >= 0.3 is 0 Å². The minimum Gasteiger partial charge on any atom is -0.314 e. The highest BCUT2D eigenvalue weighted by Crippen LogP contribution is 2.28. The molecule has 2 rings (SSSR count). The Morgan fingerprint density at radius 1 is 1.22 bits per heavy atom. The Morgan fingerprint density at radius 3 is 2.72 bits per heavy atom. The molecule has 0 radical (unpaired) electrons. The Labute approximate surface area is 113 Å². The number of rotatable bonds is 6. The van der Waals surface area contributed by atoms with Crippen LogP contribution in [0.4, 0.5) is 0 Å². The number of hydrogen-bond acceptors (Lipinski definition) is 3. The number of nitrogens with zero attached hydrogens (tertiary/aromatic N) is 2. The van der Waals surface area contributed by atoms with Crippen LogP contribution >= 0.6 is 0 Å². The van der Waals surface area contributed by atoms with Gasteiger partial charge in [0, 0.05) is 25.2 Å². The van der Waals surface area contributed by atoms with Crippen molar-refractivity contribution in [2.45, 2.75) is 51.1 Å². The van der Waals surface area contributed by atoms with Crippen LogP contribution in [-0.4, -0.2) is 62.2 Å². The van der Waals surface area contributed by atoms with E-state index in [2.05, 4.69) is 36.1 Å². The molecular formula is C15H31N3. The van der Waals surface area contributed by atoms with Gasteiger partial charge in [-0.3, -0.25) is 0 Å². The Morgan fingerprint density at radius 2 is 2.06 bits per heavy atom. The van der Waals surface area contributed by atoms with Gasteiger partial charge in [0.1, 0.15) is 0 Å². The monoisotopic (exact) mass is 253 g/mol. The average Bonchev–Trinajstić information content (AvgIpc) is 2.96. The topological polar surface area (TPSA) is 18.5 Å². The van der Waals surface area contributed by atoms with Crippen molar-refractivity contribution >= 4 is 0 Å². The van der Waals surface area contributed by atoms with Crippen molar-refractivity contribution in [1.82, 2.24) is 15.1 Å². The predicted octanol–water partition coefficient (Wildman–Crippen LogP) is 1.79. The van der Waals surface area contributed by atoms with Gasteiger partial charge in [0.15, 0.2) is 0 Å². The van der Waals surface area contributed by atoms with E-state index in [1.807, 2.05) is 0 Å². The third kappa shape index (κ3) is 3.69. The van der Waals surface area contributed by atoms with E-state index in [4.69, 9.17) is 0 Å².